The lowest BCUT2D eigenvalue weighted by atomic mass is 9.90. The number of ketones is 1. The Hall–Kier alpha value is -2.49. The first-order valence-electron chi connectivity index (χ1n) is 8.11. The molecule has 0 heterocycles. The van der Waals surface area contributed by atoms with E-state index in [4.69, 9.17) is 5.73 Å². The molecule has 0 radical (unpaired) electrons. The summed E-state index contributed by atoms with van der Waals surface area (Å²) < 4.78 is 0. The highest BCUT2D eigenvalue weighted by Gasteiger charge is 2.19. The second kappa shape index (κ2) is 7.39. The van der Waals surface area contributed by atoms with Gasteiger partial charge in [-0.3, -0.25) is 4.79 Å². The Kier molecular flexibility index (Phi) is 5.04. The summed E-state index contributed by atoms with van der Waals surface area (Å²) in [5.74, 6) is -0.245. The molecule has 3 N–H and O–H groups in total. The number of fused-ring (bicyclic) bond motifs is 1. The van der Waals surface area contributed by atoms with Gasteiger partial charge in [0.05, 0.1) is 12.5 Å². The van der Waals surface area contributed by atoms with Crippen molar-refractivity contribution in [2.45, 2.75) is 18.9 Å². The number of aliphatic hydroxyl groups is 1. The van der Waals surface area contributed by atoms with Crippen LogP contribution in [0, 0.1) is 0 Å². The number of hydrogen-bond donors (Lipinski definition) is 2. The highest BCUT2D eigenvalue weighted by molar-refractivity contribution is 5.90. The quantitative estimate of drug-likeness (QED) is 0.733. The number of aliphatic hydroxyl groups excluding tert-OH is 1. The Bertz CT molecular complexity index is 857. The lowest BCUT2D eigenvalue weighted by Crippen LogP contribution is -2.23. The first-order chi connectivity index (χ1) is 11.7. The molecule has 0 aromatic heterocycles. The minimum atomic E-state index is -0.344. The minimum Gasteiger partial charge on any atom is -0.392 e. The van der Waals surface area contributed by atoms with Gasteiger partial charge in [0.1, 0.15) is 5.78 Å². The van der Waals surface area contributed by atoms with Crippen molar-refractivity contribution in [3.05, 3.63) is 83.4 Å². The number of Topliss-reactive ketones (excluding diaryl/α,β-unsaturated/α-hetero) is 1. The molecule has 3 nitrogen and oxygen atoms in total. The van der Waals surface area contributed by atoms with Crippen LogP contribution in [0.2, 0.25) is 0 Å². The first-order valence-corrected chi connectivity index (χ1v) is 8.11. The monoisotopic (exact) mass is 319 g/mol. The van der Waals surface area contributed by atoms with E-state index in [1.807, 2.05) is 48.5 Å². The fraction of sp³-hybridized carbons (Fsp3) is 0.190. The number of benzene rings is 3. The molecule has 3 aromatic carbocycles. The summed E-state index contributed by atoms with van der Waals surface area (Å²) in [6.45, 7) is 0.227. The molecule has 0 bridgehead atoms. The van der Waals surface area contributed by atoms with Gasteiger partial charge in [0.2, 0.25) is 0 Å². The van der Waals surface area contributed by atoms with E-state index in [-0.39, 0.29) is 24.9 Å². The average Bonchev–Trinajstić information content (AvgIpc) is 2.62. The number of hydrogen-bond acceptors (Lipinski definition) is 3. The van der Waals surface area contributed by atoms with E-state index in [2.05, 4.69) is 18.2 Å². The molecule has 0 saturated carbocycles. The van der Waals surface area contributed by atoms with E-state index in [9.17, 15) is 9.90 Å². The molecule has 0 saturated heterocycles. The van der Waals surface area contributed by atoms with Gasteiger partial charge >= 0.3 is 0 Å². The van der Waals surface area contributed by atoms with Gasteiger partial charge in [-0.2, -0.15) is 0 Å². The normalized spacial score (nSPS) is 12.2. The van der Waals surface area contributed by atoms with Crippen LogP contribution in [-0.4, -0.2) is 17.4 Å². The predicted octanol–water partition coefficient (Wildman–Crippen LogP) is 3.19. The average molecular weight is 319 g/mol. The number of nitrogens with two attached hydrogens (primary N) is 1. The van der Waals surface area contributed by atoms with Crippen molar-refractivity contribution in [1.82, 2.24) is 0 Å². The molecular weight excluding hydrogens is 298 g/mol. The topological polar surface area (TPSA) is 63.3 Å². The lowest BCUT2D eigenvalue weighted by Gasteiger charge is -2.15. The van der Waals surface area contributed by atoms with Crippen LogP contribution in [-0.2, 0) is 17.8 Å². The molecule has 3 aromatic rings. The molecular formula is C21H21NO2. The van der Waals surface area contributed by atoms with Crippen molar-refractivity contribution in [3.63, 3.8) is 0 Å². The Morgan fingerprint density at radius 3 is 2.46 bits per heavy atom. The van der Waals surface area contributed by atoms with Crippen LogP contribution in [0.15, 0.2) is 66.7 Å². The number of carbonyl (C=O) groups is 1. The summed E-state index contributed by atoms with van der Waals surface area (Å²) in [4.78, 5) is 12.7. The van der Waals surface area contributed by atoms with Crippen molar-refractivity contribution >= 4 is 16.6 Å². The maximum Gasteiger partial charge on any atom is 0.145 e. The minimum absolute atomic E-state index is 0.0377. The van der Waals surface area contributed by atoms with Gasteiger partial charge < -0.3 is 10.8 Å². The Morgan fingerprint density at radius 2 is 1.71 bits per heavy atom. The Balaban J connectivity index is 1.82. The summed E-state index contributed by atoms with van der Waals surface area (Å²) in [5, 5.41) is 11.6. The van der Waals surface area contributed by atoms with Gasteiger partial charge in [-0.05, 0) is 27.5 Å². The molecule has 0 aliphatic heterocycles. The number of carbonyl (C=O) groups excluding carboxylic acids is 1. The zero-order chi connectivity index (χ0) is 16.9. The molecule has 24 heavy (non-hydrogen) atoms. The molecule has 0 spiro atoms. The van der Waals surface area contributed by atoms with Gasteiger partial charge in [0.15, 0.2) is 0 Å². The van der Waals surface area contributed by atoms with E-state index in [0.29, 0.717) is 6.42 Å². The fourth-order valence-corrected chi connectivity index (χ4v) is 3.03. The maximum absolute atomic E-state index is 12.7. The zero-order valence-electron chi connectivity index (χ0n) is 13.5. The van der Waals surface area contributed by atoms with Gasteiger partial charge in [0.25, 0.3) is 0 Å². The Morgan fingerprint density at radius 1 is 0.917 bits per heavy atom. The summed E-state index contributed by atoms with van der Waals surface area (Å²) in [7, 11) is 0. The molecule has 1 unspecified atom stereocenters. The highest BCUT2D eigenvalue weighted by Crippen LogP contribution is 2.21. The van der Waals surface area contributed by atoms with Crippen LogP contribution in [0.25, 0.3) is 10.8 Å². The van der Waals surface area contributed by atoms with Crippen molar-refractivity contribution in [3.8, 4) is 0 Å². The van der Waals surface area contributed by atoms with Crippen LogP contribution in [0.5, 0.6) is 0 Å². The Labute approximate surface area is 141 Å². The van der Waals surface area contributed by atoms with Crippen LogP contribution in [0.4, 0.5) is 0 Å². The summed E-state index contributed by atoms with van der Waals surface area (Å²) in [6, 6.07) is 21.7. The second-order valence-electron chi connectivity index (χ2n) is 6.02. The molecule has 0 amide bonds. The molecule has 0 aliphatic rings. The van der Waals surface area contributed by atoms with E-state index >= 15 is 0 Å². The molecule has 1 atom stereocenters. The van der Waals surface area contributed by atoms with Gasteiger partial charge in [-0.1, -0.05) is 66.7 Å². The van der Waals surface area contributed by atoms with E-state index in [0.717, 1.165) is 22.1 Å². The summed E-state index contributed by atoms with van der Waals surface area (Å²) in [6.07, 6.45) is 0.357. The third-order valence-corrected chi connectivity index (χ3v) is 4.35. The molecule has 122 valence electrons. The maximum atomic E-state index is 12.7. The highest BCUT2D eigenvalue weighted by atomic mass is 16.3. The lowest BCUT2D eigenvalue weighted by molar-refractivity contribution is -0.119. The van der Waals surface area contributed by atoms with Crippen LogP contribution >= 0.6 is 0 Å². The van der Waals surface area contributed by atoms with Crippen LogP contribution < -0.4 is 5.73 Å². The fourth-order valence-electron chi connectivity index (χ4n) is 3.03. The van der Waals surface area contributed by atoms with E-state index < -0.39 is 0 Å². The number of rotatable bonds is 6. The van der Waals surface area contributed by atoms with Crippen LogP contribution in [0.3, 0.4) is 0 Å². The first kappa shape index (κ1) is 16.4. The molecule has 3 rings (SSSR count). The SMILES string of the molecule is NCC(C(=O)Cc1ccc2ccccc2c1)c1cccc(CO)c1. The van der Waals surface area contributed by atoms with Crippen LogP contribution in [0.1, 0.15) is 22.6 Å². The van der Waals surface area contributed by atoms with E-state index in [1.165, 1.54) is 5.39 Å². The zero-order valence-corrected chi connectivity index (χ0v) is 13.5. The molecule has 3 heteroatoms. The van der Waals surface area contributed by atoms with Crippen molar-refractivity contribution < 1.29 is 9.90 Å². The van der Waals surface area contributed by atoms with Gasteiger partial charge in [0, 0.05) is 13.0 Å². The van der Waals surface area contributed by atoms with Crippen molar-refractivity contribution in [2.24, 2.45) is 5.73 Å². The summed E-state index contributed by atoms with van der Waals surface area (Å²) in [5.41, 5.74) is 8.52. The third kappa shape index (κ3) is 3.53. The second-order valence-corrected chi connectivity index (χ2v) is 6.02. The van der Waals surface area contributed by atoms with E-state index in [1.54, 1.807) is 0 Å². The third-order valence-electron chi connectivity index (χ3n) is 4.35. The van der Waals surface area contributed by atoms with Gasteiger partial charge in [-0.15, -0.1) is 0 Å². The van der Waals surface area contributed by atoms with Gasteiger partial charge in [-0.25, -0.2) is 0 Å². The smallest absolute Gasteiger partial charge is 0.145 e. The summed E-state index contributed by atoms with van der Waals surface area (Å²) >= 11 is 0. The van der Waals surface area contributed by atoms with Crippen molar-refractivity contribution in [2.75, 3.05) is 6.54 Å². The predicted molar refractivity (Wildman–Crippen MR) is 96.8 cm³/mol. The molecule has 0 fully saturated rings. The molecule has 0 aliphatic carbocycles. The largest absolute Gasteiger partial charge is 0.392 e. The standard InChI is InChI=1S/C21H21NO2/c22-13-20(19-7-3-4-16(11-19)14-23)21(24)12-15-8-9-17-5-1-2-6-18(17)10-15/h1-11,20,23H,12-14,22H2. The van der Waals surface area contributed by atoms with Crippen molar-refractivity contribution in [1.29, 1.82) is 0 Å².